The van der Waals surface area contributed by atoms with Gasteiger partial charge >= 0.3 is 0 Å². The van der Waals surface area contributed by atoms with Crippen LogP contribution in [0.15, 0.2) is 73.4 Å². The van der Waals surface area contributed by atoms with Gasteiger partial charge in [-0.2, -0.15) is 5.10 Å². The third kappa shape index (κ3) is 4.33. The van der Waals surface area contributed by atoms with E-state index in [-0.39, 0.29) is 0 Å². The van der Waals surface area contributed by atoms with Gasteiger partial charge in [-0.15, -0.1) is 0 Å². The van der Waals surface area contributed by atoms with Crippen molar-refractivity contribution in [3.63, 3.8) is 0 Å². The number of fused-ring (bicyclic) bond motifs is 2. The second-order valence-corrected chi connectivity index (χ2v) is 10.1. The lowest BCUT2D eigenvalue weighted by Crippen LogP contribution is -2.20. The highest BCUT2D eigenvalue weighted by molar-refractivity contribution is 5.97. The number of nitrogens with one attached hydrogen (secondary N) is 3. The van der Waals surface area contributed by atoms with Crippen molar-refractivity contribution in [2.24, 2.45) is 5.92 Å². The molecule has 6 aromatic rings. The number of hydrogen-bond acceptors (Lipinski definition) is 6. The molecule has 7 rings (SSSR count). The van der Waals surface area contributed by atoms with Gasteiger partial charge in [0.1, 0.15) is 11.2 Å². The number of rotatable bonds is 7. The number of benzene rings is 1. The molecule has 0 aliphatic heterocycles. The Hall–Kier alpha value is -4.43. The van der Waals surface area contributed by atoms with Crippen LogP contribution in [0.3, 0.4) is 0 Å². The molecular formula is C30H28N8. The van der Waals surface area contributed by atoms with Gasteiger partial charge < -0.3 is 10.3 Å². The minimum absolute atomic E-state index is 0.699. The van der Waals surface area contributed by atoms with E-state index in [1.54, 1.807) is 18.6 Å². The summed E-state index contributed by atoms with van der Waals surface area (Å²) in [6, 6.07) is 14.4. The molecule has 1 aromatic carbocycles. The van der Waals surface area contributed by atoms with Crippen LogP contribution in [0.4, 0.5) is 0 Å². The van der Waals surface area contributed by atoms with Gasteiger partial charge in [0.15, 0.2) is 5.82 Å². The molecule has 0 unspecified atom stereocenters. The first-order valence-electron chi connectivity index (χ1n) is 13.2. The Morgan fingerprint density at radius 2 is 1.76 bits per heavy atom. The fourth-order valence-electron chi connectivity index (χ4n) is 5.51. The predicted molar refractivity (Wildman–Crippen MR) is 149 cm³/mol. The smallest absolute Gasteiger partial charge is 0.159 e. The van der Waals surface area contributed by atoms with Crippen LogP contribution in [-0.2, 0) is 6.54 Å². The van der Waals surface area contributed by atoms with E-state index in [0.717, 1.165) is 69.0 Å². The maximum absolute atomic E-state index is 4.92. The Kier molecular flexibility index (Phi) is 5.86. The van der Waals surface area contributed by atoms with E-state index in [9.17, 15) is 0 Å². The van der Waals surface area contributed by atoms with Crippen LogP contribution in [-0.4, -0.2) is 41.7 Å². The number of nitrogens with zero attached hydrogens (tertiary/aromatic N) is 5. The van der Waals surface area contributed by atoms with Crippen molar-refractivity contribution < 1.29 is 0 Å². The molecule has 188 valence electrons. The Morgan fingerprint density at radius 1 is 0.842 bits per heavy atom. The molecule has 0 atom stereocenters. The number of imidazole rings is 1. The highest BCUT2D eigenvalue weighted by Crippen LogP contribution is 2.32. The molecule has 1 aliphatic rings. The summed E-state index contributed by atoms with van der Waals surface area (Å²) in [6.45, 7) is 1.92. The highest BCUT2D eigenvalue weighted by Gasteiger charge is 2.17. The molecule has 5 aromatic heterocycles. The summed E-state index contributed by atoms with van der Waals surface area (Å²) in [4.78, 5) is 21.7. The molecule has 1 fully saturated rings. The molecule has 5 heterocycles. The minimum atomic E-state index is 0.699. The van der Waals surface area contributed by atoms with Crippen LogP contribution in [0.5, 0.6) is 0 Å². The first kappa shape index (κ1) is 22.7. The molecule has 0 saturated heterocycles. The monoisotopic (exact) mass is 500 g/mol. The fraction of sp³-hybridized carbons (Fsp3) is 0.233. The maximum Gasteiger partial charge on any atom is 0.159 e. The first-order chi connectivity index (χ1) is 18.8. The zero-order valence-corrected chi connectivity index (χ0v) is 21.0. The molecule has 1 saturated carbocycles. The standard InChI is InChI=1S/C30H28N8/c1-2-5-19(4-1)14-32-15-20-12-23(18-33-16-20)21-7-8-25-24(13-21)28(38-37-25)30-35-26-9-11-34-27(29(26)36-30)22-6-3-10-31-17-22/h3,6-13,16-19,32H,1-2,4-5,14-15H2,(H,35,36)(H,37,38). The molecule has 8 nitrogen and oxygen atoms in total. The molecule has 0 spiro atoms. The van der Waals surface area contributed by atoms with Crippen LogP contribution in [0.2, 0.25) is 0 Å². The van der Waals surface area contributed by atoms with Gasteiger partial charge in [-0.25, -0.2) is 4.98 Å². The van der Waals surface area contributed by atoms with Crippen LogP contribution >= 0.6 is 0 Å². The normalized spacial score (nSPS) is 14.1. The van der Waals surface area contributed by atoms with Gasteiger partial charge in [0.05, 0.1) is 16.7 Å². The summed E-state index contributed by atoms with van der Waals surface area (Å²) in [5.41, 5.74) is 8.54. The van der Waals surface area contributed by atoms with Crippen LogP contribution < -0.4 is 5.32 Å². The van der Waals surface area contributed by atoms with Crippen molar-refractivity contribution in [3.05, 3.63) is 79.0 Å². The molecule has 0 radical (unpaired) electrons. The summed E-state index contributed by atoms with van der Waals surface area (Å²) in [7, 11) is 0. The van der Waals surface area contributed by atoms with Crippen LogP contribution in [0.1, 0.15) is 31.2 Å². The van der Waals surface area contributed by atoms with E-state index in [4.69, 9.17) is 4.98 Å². The van der Waals surface area contributed by atoms with Gasteiger partial charge in [0.25, 0.3) is 0 Å². The van der Waals surface area contributed by atoms with E-state index in [1.807, 2.05) is 30.6 Å². The lowest BCUT2D eigenvalue weighted by Gasteiger charge is -2.11. The van der Waals surface area contributed by atoms with E-state index in [1.165, 1.54) is 31.2 Å². The summed E-state index contributed by atoms with van der Waals surface area (Å²) in [5.74, 6) is 1.52. The molecule has 38 heavy (non-hydrogen) atoms. The largest absolute Gasteiger partial charge is 0.336 e. The second-order valence-electron chi connectivity index (χ2n) is 10.1. The van der Waals surface area contributed by atoms with E-state index in [0.29, 0.717) is 5.82 Å². The average Bonchev–Trinajstić information content (AvgIpc) is 3.73. The van der Waals surface area contributed by atoms with Crippen molar-refractivity contribution in [2.45, 2.75) is 32.2 Å². The predicted octanol–water partition coefficient (Wildman–Crippen LogP) is 5.91. The van der Waals surface area contributed by atoms with Gasteiger partial charge in [0.2, 0.25) is 0 Å². The number of aromatic amines is 2. The minimum Gasteiger partial charge on any atom is -0.336 e. The molecule has 1 aliphatic carbocycles. The van der Waals surface area contributed by atoms with Gasteiger partial charge in [-0.1, -0.05) is 18.9 Å². The van der Waals surface area contributed by atoms with Gasteiger partial charge in [-0.05, 0) is 72.8 Å². The van der Waals surface area contributed by atoms with Crippen molar-refractivity contribution in [2.75, 3.05) is 6.54 Å². The molecule has 0 amide bonds. The van der Waals surface area contributed by atoms with Crippen LogP contribution in [0.25, 0.3) is 55.8 Å². The summed E-state index contributed by atoms with van der Waals surface area (Å²) in [5, 5.41) is 12.4. The fourth-order valence-corrected chi connectivity index (χ4v) is 5.51. The van der Waals surface area contributed by atoms with Crippen molar-refractivity contribution >= 4 is 21.9 Å². The summed E-state index contributed by atoms with van der Waals surface area (Å²) < 4.78 is 0. The topological polar surface area (TPSA) is 108 Å². The quantitative estimate of drug-likeness (QED) is 0.252. The molecular weight excluding hydrogens is 472 g/mol. The zero-order valence-electron chi connectivity index (χ0n) is 21.0. The summed E-state index contributed by atoms with van der Waals surface area (Å²) in [6.07, 6.45) is 14.7. The zero-order chi connectivity index (χ0) is 25.3. The Bertz CT molecular complexity index is 1710. The van der Waals surface area contributed by atoms with E-state index < -0.39 is 0 Å². The van der Waals surface area contributed by atoms with Crippen molar-refractivity contribution in [1.29, 1.82) is 0 Å². The summed E-state index contributed by atoms with van der Waals surface area (Å²) >= 11 is 0. The Balaban J connectivity index is 1.20. The lowest BCUT2D eigenvalue weighted by atomic mass is 10.0. The molecule has 3 N–H and O–H groups in total. The van der Waals surface area contributed by atoms with Gasteiger partial charge in [-0.3, -0.25) is 20.1 Å². The Labute approximate surface area is 220 Å². The molecule has 8 heteroatoms. The molecule has 0 bridgehead atoms. The highest BCUT2D eigenvalue weighted by atomic mass is 15.1. The van der Waals surface area contributed by atoms with Crippen molar-refractivity contribution in [1.82, 2.24) is 40.4 Å². The first-order valence-corrected chi connectivity index (χ1v) is 13.2. The maximum atomic E-state index is 4.92. The van der Waals surface area contributed by atoms with E-state index in [2.05, 4.69) is 59.7 Å². The number of hydrogen-bond donors (Lipinski definition) is 3. The number of pyridine rings is 3. The number of aromatic nitrogens is 7. The van der Waals surface area contributed by atoms with E-state index >= 15 is 0 Å². The Morgan fingerprint density at radius 3 is 2.66 bits per heavy atom. The second kappa shape index (κ2) is 9.79. The lowest BCUT2D eigenvalue weighted by molar-refractivity contribution is 0.489. The van der Waals surface area contributed by atoms with Crippen molar-refractivity contribution in [3.8, 4) is 33.9 Å². The third-order valence-electron chi connectivity index (χ3n) is 7.49. The average molecular weight is 501 g/mol. The third-order valence-corrected chi connectivity index (χ3v) is 7.49. The van der Waals surface area contributed by atoms with Crippen LogP contribution in [0, 0.1) is 5.92 Å². The SMILES string of the molecule is c1cncc(-c2nccc3[nH]c(-c4n[nH]c5ccc(-c6cncc(CNCC7CCCC7)c6)cc45)nc23)c1. The number of H-pyrrole nitrogens is 2. The van der Waals surface area contributed by atoms with Gasteiger partial charge in [0, 0.05) is 54.0 Å².